The van der Waals surface area contributed by atoms with Crippen LogP contribution in [0.2, 0.25) is 0 Å². The second kappa shape index (κ2) is 10.4. The summed E-state index contributed by atoms with van der Waals surface area (Å²) in [6.07, 6.45) is 3.81. The van der Waals surface area contributed by atoms with E-state index < -0.39 is 20.3 Å². The van der Waals surface area contributed by atoms with Gasteiger partial charge < -0.3 is 5.73 Å². The van der Waals surface area contributed by atoms with Crippen LogP contribution in [0.5, 0.6) is 0 Å². The van der Waals surface area contributed by atoms with Gasteiger partial charge in [-0.3, -0.25) is 4.55 Å². The normalized spacial score (nSPS) is 11.5. The molecule has 0 heterocycles. The van der Waals surface area contributed by atoms with Crippen molar-refractivity contribution in [1.29, 1.82) is 0 Å². The molecule has 2 aromatic rings. The molecule has 2 aromatic carbocycles. The summed E-state index contributed by atoms with van der Waals surface area (Å²) in [7, 11) is -8.26. The third-order valence-electron chi connectivity index (χ3n) is 3.70. The maximum absolute atomic E-state index is 12.7. The molecule has 150 valence electrons. The molecule has 0 aliphatic rings. The molecule has 0 saturated heterocycles. The highest BCUT2D eigenvalue weighted by atomic mass is 32.3. The highest BCUT2D eigenvalue weighted by Gasteiger charge is 2.10. The molecule has 2 rings (SSSR count). The topological polar surface area (TPSA) is 115 Å². The first kappa shape index (κ1) is 23.1. The van der Waals surface area contributed by atoms with Gasteiger partial charge in [0, 0.05) is 5.69 Å². The maximum atomic E-state index is 12.7. The average Bonchev–Trinajstić information content (AvgIpc) is 2.58. The molecule has 0 unspecified atom stereocenters. The summed E-state index contributed by atoms with van der Waals surface area (Å²) in [5.74, 6) is -0.201. The highest BCUT2D eigenvalue weighted by molar-refractivity contribution is 7.86. The van der Waals surface area contributed by atoms with E-state index in [2.05, 4.69) is 6.07 Å². The molecule has 0 atom stereocenters. The zero-order valence-electron chi connectivity index (χ0n) is 15.0. The van der Waals surface area contributed by atoms with Crippen LogP contribution in [0.3, 0.4) is 0 Å². The second-order valence-corrected chi connectivity index (χ2v) is 8.99. The zero-order chi connectivity index (χ0) is 20.5. The van der Waals surface area contributed by atoms with Gasteiger partial charge in [0.2, 0.25) is 0 Å². The van der Waals surface area contributed by atoms with Crippen molar-refractivity contribution in [2.45, 2.75) is 37.5 Å². The van der Waals surface area contributed by atoms with Crippen LogP contribution in [0.15, 0.2) is 53.4 Å². The summed E-state index contributed by atoms with van der Waals surface area (Å²) in [5, 5.41) is 0. The lowest BCUT2D eigenvalue weighted by Crippen LogP contribution is -1.97. The molecule has 0 spiro atoms. The molecule has 0 saturated carbocycles. The van der Waals surface area contributed by atoms with E-state index in [1.807, 2.05) is 18.2 Å². The van der Waals surface area contributed by atoms with Crippen LogP contribution in [-0.4, -0.2) is 27.1 Å². The lowest BCUT2D eigenvalue weighted by Gasteiger charge is -2.04. The number of aryl methyl sites for hydroxylation is 2. The average molecular weight is 418 g/mol. The molecule has 0 radical (unpaired) electrons. The van der Waals surface area contributed by atoms with E-state index in [1.165, 1.54) is 24.6 Å². The molecule has 27 heavy (non-hydrogen) atoms. The Balaban J connectivity index is 0.000000527. The number of benzene rings is 2. The molecule has 0 aliphatic carbocycles. The molecule has 0 aromatic heterocycles. The summed E-state index contributed by atoms with van der Waals surface area (Å²) in [6, 6.07) is 13.8. The number of hydrogen-bond acceptors (Lipinski definition) is 5. The minimum absolute atomic E-state index is 0.201. The lowest BCUT2D eigenvalue weighted by molar-refractivity contribution is 0.484. The van der Waals surface area contributed by atoms with Crippen molar-refractivity contribution in [3.63, 3.8) is 0 Å². The van der Waals surface area contributed by atoms with Crippen LogP contribution in [0.4, 0.5) is 9.57 Å². The third-order valence-corrected chi connectivity index (χ3v) is 5.27. The van der Waals surface area contributed by atoms with Gasteiger partial charge in [-0.25, -0.2) is 0 Å². The Bertz CT molecular complexity index is 926. The Kier molecular flexibility index (Phi) is 8.87. The van der Waals surface area contributed by atoms with Gasteiger partial charge >= 0.3 is 10.2 Å². The number of unbranched alkanes of at least 4 members (excludes halogenated alkanes) is 1. The smallest absolute Gasteiger partial charge is 0.332 e. The Morgan fingerprint density at radius 1 is 0.926 bits per heavy atom. The van der Waals surface area contributed by atoms with Crippen LogP contribution < -0.4 is 5.73 Å². The van der Waals surface area contributed by atoms with E-state index in [1.54, 1.807) is 12.1 Å². The van der Waals surface area contributed by atoms with E-state index in [0.29, 0.717) is 0 Å². The minimum Gasteiger partial charge on any atom is -0.399 e. The number of hydrogen-bond donors (Lipinski definition) is 2. The van der Waals surface area contributed by atoms with Crippen molar-refractivity contribution in [3.05, 3.63) is 59.7 Å². The fourth-order valence-electron chi connectivity index (χ4n) is 2.23. The Morgan fingerprint density at radius 3 is 1.89 bits per heavy atom. The summed E-state index contributed by atoms with van der Waals surface area (Å²) < 4.78 is 61.1. The van der Waals surface area contributed by atoms with Gasteiger partial charge in [-0.2, -0.15) is 16.8 Å². The summed E-state index contributed by atoms with van der Waals surface area (Å²) in [5.41, 5.74) is 8.72. The quantitative estimate of drug-likeness (QED) is 0.309. The zero-order valence-corrected chi connectivity index (χ0v) is 16.6. The third kappa shape index (κ3) is 10.1. The van der Waals surface area contributed by atoms with Gasteiger partial charge in [0.05, 0.1) is 10.6 Å². The molecule has 0 bridgehead atoms. The van der Waals surface area contributed by atoms with Crippen LogP contribution in [-0.2, 0) is 33.2 Å². The summed E-state index contributed by atoms with van der Waals surface area (Å²) >= 11 is 0. The van der Waals surface area contributed by atoms with E-state index in [0.717, 1.165) is 36.9 Å². The number of rotatable bonds is 7. The lowest BCUT2D eigenvalue weighted by atomic mass is 10.0. The van der Waals surface area contributed by atoms with Crippen LogP contribution in [0, 0.1) is 0 Å². The van der Waals surface area contributed by atoms with Crippen LogP contribution in [0.25, 0.3) is 0 Å². The number of nitrogen functional groups attached to an aromatic ring is 1. The standard InChI is InChI=1S/C16H18FNO2S.C2H6O3S/c17-21(19,20)16-10-8-13(9-11-16)4-1-2-5-14-6-3-7-15(18)12-14;1-2-6(3,4)5/h3,6-12H,1-2,4-5,18H2;2H2,1H3,(H,3,4,5). The van der Waals surface area contributed by atoms with Gasteiger partial charge in [0.25, 0.3) is 10.1 Å². The number of halogens is 1. The van der Waals surface area contributed by atoms with Crippen molar-refractivity contribution < 1.29 is 25.3 Å². The molecular formula is C18H24FNO5S2. The van der Waals surface area contributed by atoms with Crippen LogP contribution in [0.1, 0.15) is 30.9 Å². The molecular weight excluding hydrogens is 393 g/mol. The van der Waals surface area contributed by atoms with E-state index in [9.17, 15) is 20.7 Å². The first-order valence-corrected chi connectivity index (χ1v) is 11.3. The van der Waals surface area contributed by atoms with Crippen molar-refractivity contribution in [2.24, 2.45) is 0 Å². The Morgan fingerprint density at radius 2 is 1.44 bits per heavy atom. The fraction of sp³-hybridized carbons (Fsp3) is 0.333. The molecule has 0 fully saturated rings. The van der Waals surface area contributed by atoms with Gasteiger partial charge in [-0.15, -0.1) is 3.89 Å². The summed E-state index contributed by atoms with van der Waals surface area (Å²) in [4.78, 5) is -0.286. The molecule has 0 amide bonds. The van der Waals surface area contributed by atoms with Crippen LogP contribution >= 0.6 is 0 Å². The second-order valence-electron chi connectivity index (χ2n) is 5.90. The van der Waals surface area contributed by atoms with Gasteiger partial charge in [0.1, 0.15) is 0 Å². The monoisotopic (exact) mass is 417 g/mol. The maximum Gasteiger partial charge on any atom is 0.332 e. The molecule has 6 nitrogen and oxygen atoms in total. The number of anilines is 1. The SMILES string of the molecule is CCS(=O)(=O)O.Nc1cccc(CCCCc2ccc(S(=O)(=O)F)cc2)c1. The summed E-state index contributed by atoms with van der Waals surface area (Å²) in [6.45, 7) is 1.37. The Hall–Kier alpha value is -1.97. The predicted octanol–water partition coefficient (Wildman–Crippen LogP) is 3.39. The minimum atomic E-state index is -4.60. The van der Waals surface area contributed by atoms with Crippen molar-refractivity contribution in [3.8, 4) is 0 Å². The first-order valence-electron chi connectivity index (χ1n) is 8.34. The first-order chi connectivity index (χ1) is 12.5. The van der Waals surface area contributed by atoms with Crippen molar-refractivity contribution in [1.82, 2.24) is 0 Å². The number of nitrogens with two attached hydrogens (primary N) is 1. The fourth-order valence-corrected chi connectivity index (χ4v) is 2.69. The van der Waals surface area contributed by atoms with Crippen molar-refractivity contribution in [2.75, 3.05) is 11.5 Å². The van der Waals surface area contributed by atoms with E-state index >= 15 is 0 Å². The highest BCUT2D eigenvalue weighted by Crippen LogP contribution is 2.15. The van der Waals surface area contributed by atoms with E-state index in [-0.39, 0.29) is 10.6 Å². The molecule has 9 heteroatoms. The predicted molar refractivity (Wildman–Crippen MR) is 104 cm³/mol. The van der Waals surface area contributed by atoms with E-state index in [4.69, 9.17) is 10.3 Å². The van der Waals surface area contributed by atoms with Gasteiger partial charge in [-0.1, -0.05) is 24.3 Å². The Labute approximate surface area is 160 Å². The molecule has 3 N–H and O–H groups in total. The molecule has 0 aliphatic heterocycles. The van der Waals surface area contributed by atoms with Gasteiger partial charge in [0.15, 0.2) is 0 Å². The van der Waals surface area contributed by atoms with Crippen molar-refractivity contribution >= 4 is 26.0 Å². The largest absolute Gasteiger partial charge is 0.399 e. The van der Waals surface area contributed by atoms with Gasteiger partial charge in [-0.05, 0) is 68.0 Å².